The molecule has 5 rings (SSSR count). The maximum absolute atomic E-state index is 12.9. The molecule has 172 valence electrons. The van der Waals surface area contributed by atoms with Crippen molar-refractivity contribution < 1.29 is 9.59 Å². The summed E-state index contributed by atoms with van der Waals surface area (Å²) >= 11 is 1.59. The molecule has 1 saturated heterocycles. The quantitative estimate of drug-likeness (QED) is 0.682. The first kappa shape index (κ1) is 21.6. The Balaban J connectivity index is 1.26. The van der Waals surface area contributed by atoms with Crippen LogP contribution in [0.25, 0.3) is 0 Å². The second-order valence-corrected chi connectivity index (χ2v) is 9.35. The van der Waals surface area contributed by atoms with Gasteiger partial charge in [0, 0.05) is 38.6 Å². The summed E-state index contributed by atoms with van der Waals surface area (Å²) in [6.45, 7) is 2.83. The second-order valence-electron chi connectivity index (χ2n) is 8.57. The van der Waals surface area contributed by atoms with Crippen LogP contribution in [0.2, 0.25) is 0 Å². The first-order valence-electron chi connectivity index (χ1n) is 11.4. The fourth-order valence-electron chi connectivity index (χ4n) is 4.71. The highest BCUT2D eigenvalue weighted by Crippen LogP contribution is 2.29. The maximum atomic E-state index is 12.9. The highest BCUT2D eigenvalue weighted by Gasteiger charge is 2.37. The number of carbonyl (C=O) groups is 2. The maximum Gasteiger partial charge on any atom is 0.323 e. The van der Waals surface area contributed by atoms with E-state index in [1.807, 2.05) is 37.4 Å². The lowest BCUT2D eigenvalue weighted by Gasteiger charge is -2.31. The SMILES string of the molecule is O=C(CN=C1NC(=O)N(CCCn2ccnc2)C1c1ccsc1)N1CCC2=C(C=CCC2)C1. The minimum absolute atomic E-state index is 0.00454. The molecule has 1 N–H and O–H groups in total. The molecular formula is C24H28N6O2S. The Morgan fingerprint density at radius 1 is 1.30 bits per heavy atom. The van der Waals surface area contributed by atoms with Gasteiger partial charge in [0.05, 0.1) is 6.33 Å². The Morgan fingerprint density at radius 2 is 2.24 bits per heavy atom. The van der Waals surface area contributed by atoms with Crippen molar-refractivity contribution in [3.63, 3.8) is 0 Å². The van der Waals surface area contributed by atoms with E-state index in [4.69, 9.17) is 0 Å². The molecule has 1 aliphatic carbocycles. The van der Waals surface area contributed by atoms with Crippen molar-refractivity contribution in [2.45, 2.75) is 38.3 Å². The molecule has 2 aromatic rings. The van der Waals surface area contributed by atoms with Crippen molar-refractivity contribution in [2.75, 3.05) is 26.2 Å². The minimum atomic E-state index is -0.281. The number of urea groups is 1. The molecule has 33 heavy (non-hydrogen) atoms. The van der Waals surface area contributed by atoms with Crippen molar-refractivity contribution in [2.24, 2.45) is 4.99 Å². The Kier molecular flexibility index (Phi) is 6.39. The first-order chi connectivity index (χ1) is 16.2. The zero-order valence-corrected chi connectivity index (χ0v) is 19.3. The summed E-state index contributed by atoms with van der Waals surface area (Å²) in [7, 11) is 0. The highest BCUT2D eigenvalue weighted by atomic mass is 32.1. The van der Waals surface area contributed by atoms with Crippen LogP contribution in [0.15, 0.2) is 63.8 Å². The molecule has 3 aliphatic rings. The fourth-order valence-corrected chi connectivity index (χ4v) is 5.39. The van der Waals surface area contributed by atoms with Crippen molar-refractivity contribution in [1.82, 2.24) is 24.7 Å². The van der Waals surface area contributed by atoms with Gasteiger partial charge < -0.3 is 14.4 Å². The topological polar surface area (TPSA) is 82.8 Å². The summed E-state index contributed by atoms with van der Waals surface area (Å²) in [4.78, 5) is 38.1. The number of imidazole rings is 1. The van der Waals surface area contributed by atoms with Crippen LogP contribution in [0.1, 0.15) is 37.3 Å². The average molecular weight is 465 g/mol. The van der Waals surface area contributed by atoms with Gasteiger partial charge in [-0.3, -0.25) is 15.1 Å². The molecule has 2 aliphatic heterocycles. The van der Waals surface area contributed by atoms with Crippen LogP contribution in [0, 0.1) is 0 Å². The van der Waals surface area contributed by atoms with Gasteiger partial charge in [-0.05, 0) is 53.6 Å². The third-order valence-electron chi connectivity index (χ3n) is 6.47. The van der Waals surface area contributed by atoms with E-state index in [9.17, 15) is 9.59 Å². The van der Waals surface area contributed by atoms with Crippen molar-refractivity contribution in [3.8, 4) is 0 Å². The van der Waals surface area contributed by atoms with Gasteiger partial charge in [0.2, 0.25) is 5.91 Å². The lowest BCUT2D eigenvalue weighted by Crippen LogP contribution is -2.39. The summed E-state index contributed by atoms with van der Waals surface area (Å²) in [6, 6.07) is 1.57. The van der Waals surface area contributed by atoms with Gasteiger partial charge in [-0.1, -0.05) is 17.7 Å². The number of hydrogen-bond acceptors (Lipinski definition) is 5. The smallest absolute Gasteiger partial charge is 0.323 e. The van der Waals surface area contributed by atoms with Crippen LogP contribution < -0.4 is 5.32 Å². The molecule has 1 fully saturated rings. The third kappa shape index (κ3) is 4.78. The molecule has 0 bridgehead atoms. The molecule has 1 unspecified atom stereocenters. The van der Waals surface area contributed by atoms with Crippen LogP contribution in [-0.2, 0) is 11.3 Å². The van der Waals surface area contributed by atoms with Crippen molar-refractivity contribution in [1.29, 1.82) is 0 Å². The molecule has 1 atom stereocenters. The number of nitrogens with zero attached hydrogens (tertiary/aromatic N) is 5. The molecule has 0 radical (unpaired) electrons. The number of carbonyl (C=O) groups excluding carboxylic acids is 2. The normalized spacial score (nSPS) is 21.6. The Labute approximate surface area is 197 Å². The molecule has 0 spiro atoms. The monoisotopic (exact) mass is 464 g/mol. The summed E-state index contributed by atoms with van der Waals surface area (Å²) in [5, 5.41) is 6.96. The third-order valence-corrected chi connectivity index (χ3v) is 7.17. The van der Waals surface area contributed by atoms with Crippen molar-refractivity contribution >= 4 is 29.1 Å². The number of allylic oxidation sites excluding steroid dienone is 1. The zero-order valence-electron chi connectivity index (χ0n) is 18.5. The number of rotatable bonds is 7. The van der Waals surface area contributed by atoms with Gasteiger partial charge in [0.15, 0.2) is 0 Å². The molecular weight excluding hydrogens is 436 g/mol. The summed E-state index contributed by atoms with van der Waals surface area (Å²) in [5.74, 6) is 0.564. The number of aromatic nitrogens is 2. The summed E-state index contributed by atoms with van der Waals surface area (Å²) < 4.78 is 2.00. The van der Waals surface area contributed by atoms with Crippen LogP contribution in [0.4, 0.5) is 4.79 Å². The molecule has 0 aromatic carbocycles. The van der Waals surface area contributed by atoms with E-state index in [0.29, 0.717) is 18.9 Å². The Bertz CT molecular complexity index is 1090. The molecule has 8 nitrogen and oxygen atoms in total. The number of aliphatic imine (C=N–C) groups is 1. The van der Waals surface area contributed by atoms with E-state index in [2.05, 4.69) is 27.4 Å². The van der Waals surface area contributed by atoms with E-state index in [1.165, 1.54) is 11.1 Å². The number of nitrogens with one attached hydrogen (secondary N) is 1. The fraction of sp³-hybridized carbons (Fsp3) is 0.417. The second kappa shape index (κ2) is 9.74. The lowest BCUT2D eigenvalue weighted by molar-refractivity contribution is -0.129. The standard InChI is InChI=1S/C24H28N6O2S/c31-21(29-11-6-18-4-1-2-5-19(18)15-29)14-26-23-22(20-7-13-33-16-20)30(24(32)27-23)10-3-9-28-12-8-25-17-28/h2,5,7-8,12-13,16-17,22H,1,3-4,6,9-11,14-15H2,(H,26,27,32). The first-order valence-corrected chi connectivity index (χ1v) is 12.4. The number of thiophene rings is 1. The number of amidine groups is 1. The van der Waals surface area contributed by atoms with Crippen LogP contribution in [-0.4, -0.2) is 63.3 Å². The predicted molar refractivity (Wildman–Crippen MR) is 128 cm³/mol. The van der Waals surface area contributed by atoms with E-state index in [1.54, 1.807) is 23.9 Å². The van der Waals surface area contributed by atoms with Crippen LogP contribution >= 0.6 is 11.3 Å². The van der Waals surface area contributed by atoms with E-state index in [0.717, 1.165) is 44.3 Å². The van der Waals surface area contributed by atoms with Gasteiger partial charge in [0.1, 0.15) is 18.4 Å². The number of aryl methyl sites for hydroxylation is 1. The van der Waals surface area contributed by atoms with Gasteiger partial charge in [-0.15, -0.1) is 0 Å². The summed E-state index contributed by atoms with van der Waals surface area (Å²) in [6.07, 6.45) is 13.8. The van der Waals surface area contributed by atoms with Gasteiger partial charge >= 0.3 is 6.03 Å². The van der Waals surface area contributed by atoms with E-state index < -0.39 is 0 Å². The number of amides is 3. The minimum Gasteiger partial charge on any atom is -0.337 e. The van der Waals surface area contributed by atoms with Gasteiger partial charge in [-0.25, -0.2) is 9.78 Å². The van der Waals surface area contributed by atoms with Crippen LogP contribution in [0.3, 0.4) is 0 Å². The zero-order chi connectivity index (χ0) is 22.6. The molecule has 4 heterocycles. The predicted octanol–water partition coefficient (Wildman–Crippen LogP) is 3.38. The van der Waals surface area contributed by atoms with Gasteiger partial charge in [0.25, 0.3) is 0 Å². The van der Waals surface area contributed by atoms with E-state index in [-0.39, 0.29) is 24.5 Å². The Morgan fingerprint density at radius 3 is 3.06 bits per heavy atom. The molecule has 2 aromatic heterocycles. The lowest BCUT2D eigenvalue weighted by atomic mass is 9.92. The largest absolute Gasteiger partial charge is 0.337 e. The molecule has 3 amide bonds. The summed E-state index contributed by atoms with van der Waals surface area (Å²) in [5.41, 5.74) is 3.79. The van der Waals surface area contributed by atoms with Gasteiger partial charge in [-0.2, -0.15) is 11.3 Å². The van der Waals surface area contributed by atoms with E-state index >= 15 is 0 Å². The highest BCUT2D eigenvalue weighted by molar-refractivity contribution is 7.08. The average Bonchev–Trinajstić information content (AvgIpc) is 3.60. The van der Waals surface area contributed by atoms with Crippen molar-refractivity contribution in [3.05, 3.63) is 64.4 Å². The van der Waals surface area contributed by atoms with Crippen LogP contribution in [0.5, 0.6) is 0 Å². The molecule has 0 saturated carbocycles. The Hall–Kier alpha value is -3.20. The number of hydrogen-bond donors (Lipinski definition) is 1. The molecule has 9 heteroatoms.